The molecule has 0 bridgehead atoms. The van der Waals surface area contributed by atoms with Gasteiger partial charge in [-0.15, -0.1) is 10.2 Å². The van der Waals surface area contributed by atoms with Gasteiger partial charge < -0.3 is 14.8 Å². The lowest BCUT2D eigenvalue weighted by Gasteiger charge is -2.23. The van der Waals surface area contributed by atoms with E-state index in [0.29, 0.717) is 23.3 Å². The molecule has 0 radical (unpaired) electrons. The van der Waals surface area contributed by atoms with Crippen LogP contribution >= 0.6 is 11.8 Å². The quantitative estimate of drug-likeness (QED) is 0.407. The molecule has 0 aliphatic carbocycles. The molecule has 5 rings (SSSR count). The van der Waals surface area contributed by atoms with Crippen molar-refractivity contribution in [3.8, 4) is 22.9 Å². The average molecular weight is 431 g/mol. The van der Waals surface area contributed by atoms with Crippen molar-refractivity contribution in [3.63, 3.8) is 0 Å². The smallest absolute Gasteiger partial charge is 0.247 e. The first-order valence-electron chi connectivity index (χ1n) is 10.3. The van der Waals surface area contributed by atoms with E-state index in [4.69, 9.17) is 9.47 Å². The minimum atomic E-state index is -0.508. The van der Waals surface area contributed by atoms with Gasteiger partial charge in [-0.2, -0.15) is 4.98 Å². The summed E-state index contributed by atoms with van der Waals surface area (Å²) in [7, 11) is 0. The highest BCUT2D eigenvalue weighted by atomic mass is 32.2. The van der Waals surface area contributed by atoms with Crippen LogP contribution < -0.4 is 14.8 Å². The van der Waals surface area contributed by atoms with Gasteiger partial charge in [0.2, 0.25) is 17.3 Å². The van der Waals surface area contributed by atoms with E-state index < -0.39 is 6.23 Å². The van der Waals surface area contributed by atoms with Gasteiger partial charge in [-0.05, 0) is 35.6 Å². The first-order valence-corrected chi connectivity index (χ1v) is 11.3. The topological polar surface area (TPSA) is 69.2 Å². The molecule has 156 valence electrons. The van der Waals surface area contributed by atoms with Crippen LogP contribution in [0.3, 0.4) is 0 Å². The average Bonchev–Trinajstić information content (AvgIpc) is 2.95. The summed E-state index contributed by atoms with van der Waals surface area (Å²) in [6.45, 7) is 4.60. The molecular weight excluding hydrogens is 408 g/mol. The molecule has 6 nitrogen and oxygen atoms in total. The summed E-state index contributed by atoms with van der Waals surface area (Å²) in [5, 5.41) is 15.1. The standard InChI is InChI=1S/C24H22N4O2S/c1-3-29-19-14-13-15-9-5-6-10-16(15)20(19)22-25-18-12-8-7-11-17(18)21-23(30-22)26-24(28-27-21)31-4-2/h5-14,22,25H,3-4H2,1-2H3/t22-/m0/s1. The van der Waals surface area contributed by atoms with E-state index >= 15 is 0 Å². The number of nitrogens with one attached hydrogen (secondary N) is 1. The van der Waals surface area contributed by atoms with Crippen molar-refractivity contribution in [1.82, 2.24) is 15.2 Å². The second kappa shape index (κ2) is 8.43. The van der Waals surface area contributed by atoms with Gasteiger partial charge in [-0.25, -0.2) is 0 Å². The van der Waals surface area contributed by atoms with Gasteiger partial charge in [0.15, 0.2) is 5.69 Å². The number of benzene rings is 3. The van der Waals surface area contributed by atoms with Crippen molar-refractivity contribution in [2.24, 2.45) is 0 Å². The molecule has 0 saturated heterocycles. The number of anilines is 1. The highest BCUT2D eigenvalue weighted by Crippen LogP contribution is 2.43. The lowest BCUT2D eigenvalue weighted by molar-refractivity contribution is 0.218. The molecule has 2 heterocycles. The van der Waals surface area contributed by atoms with E-state index in [1.54, 1.807) is 0 Å². The molecule has 4 aromatic rings. The van der Waals surface area contributed by atoms with Gasteiger partial charge in [0.05, 0.1) is 12.2 Å². The number of para-hydroxylation sites is 1. The second-order valence-electron chi connectivity index (χ2n) is 7.00. The molecule has 0 spiro atoms. The third-order valence-electron chi connectivity index (χ3n) is 5.10. The molecule has 0 saturated carbocycles. The lowest BCUT2D eigenvalue weighted by Crippen LogP contribution is -2.19. The third-order valence-corrected chi connectivity index (χ3v) is 5.82. The summed E-state index contributed by atoms with van der Waals surface area (Å²) in [5.41, 5.74) is 3.38. The molecule has 0 unspecified atom stereocenters. The Kier molecular flexibility index (Phi) is 5.34. The van der Waals surface area contributed by atoms with Crippen molar-refractivity contribution >= 4 is 28.2 Å². The summed E-state index contributed by atoms with van der Waals surface area (Å²) in [5.74, 6) is 2.10. The van der Waals surface area contributed by atoms with Crippen LogP contribution in [-0.4, -0.2) is 27.5 Å². The molecule has 0 fully saturated rings. The first-order chi connectivity index (χ1) is 15.3. The van der Waals surface area contributed by atoms with Crippen LogP contribution in [0.1, 0.15) is 25.6 Å². The van der Waals surface area contributed by atoms with Crippen molar-refractivity contribution in [2.45, 2.75) is 25.2 Å². The maximum absolute atomic E-state index is 6.49. The summed E-state index contributed by atoms with van der Waals surface area (Å²) in [4.78, 5) is 4.68. The maximum atomic E-state index is 6.49. The molecular formula is C24H22N4O2S. The molecule has 3 aromatic carbocycles. The number of aromatic nitrogens is 3. The van der Waals surface area contributed by atoms with Crippen LogP contribution in [0.5, 0.6) is 11.6 Å². The van der Waals surface area contributed by atoms with Gasteiger partial charge in [0, 0.05) is 11.3 Å². The van der Waals surface area contributed by atoms with Crippen LogP contribution in [0, 0.1) is 0 Å². The number of thioether (sulfide) groups is 1. The van der Waals surface area contributed by atoms with E-state index in [2.05, 4.69) is 45.6 Å². The van der Waals surface area contributed by atoms with Gasteiger partial charge >= 0.3 is 0 Å². The Morgan fingerprint density at radius 1 is 1.00 bits per heavy atom. The number of ether oxygens (including phenoxy) is 2. The largest absolute Gasteiger partial charge is 0.493 e. The summed E-state index contributed by atoms with van der Waals surface area (Å²) in [6.07, 6.45) is -0.508. The highest BCUT2D eigenvalue weighted by molar-refractivity contribution is 7.99. The number of nitrogens with zero attached hydrogens (tertiary/aromatic N) is 3. The van der Waals surface area contributed by atoms with Crippen LogP contribution in [0.25, 0.3) is 22.0 Å². The summed E-state index contributed by atoms with van der Waals surface area (Å²) < 4.78 is 12.5. The zero-order chi connectivity index (χ0) is 21.2. The van der Waals surface area contributed by atoms with Crippen molar-refractivity contribution in [1.29, 1.82) is 0 Å². The van der Waals surface area contributed by atoms with Gasteiger partial charge in [0.1, 0.15) is 5.75 Å². The second-order valence-corrected chi connectivity index (χ2v) is 8.23. The molecule has 1 N–H and O–H groups in total. The zero-order valence-corrected chi connectivity index (χ0v) is 18.1. The summed E-state index contributed by atoms with van der Waals surface area (Å²) in [6, 6.07) is 20.3. The van der Waals surface area contributed by atoms with Crippen LogP contribution in [0.2, 0.25) is 0 Å². The molecule has 1 aromatic heterocycles. The van der Waals surface area contributed by atoms with Crippen molar-refractivity contribution in [2.75, 3.05) is 17.7 Å². The Labute approximate surface area is 185 Å². The van der Waals surface area contributed by atoms with Crippen LogP contribution in [0.15, 0.2) is 65.8 Å². The number of hydrogen-bond acceptors (Lipinski definition) is 7. The summed E-state index contributed by atoms with van der Waals surface area (Å²) >= 11 is 1.54. The first kappa shape index (κ1) is 19.6. The SMILES string of the molecule is CCOc1ccc2ccccc2c1[C@H]1Nc2ccccc2-c2nnc(SCC)nc2O1. The Morgan fingerprint density at radius 2 is 1.84 bits per heavy atom. The molecule has 0 amide bonds. The Bertz CT molecular complexity index is 1250. The Hall–Kier alpha value is -3.32. The monoisotopic (exact) mass is 430 g/mol. The highest BCUT2D eigenvalue weighted by Gasteiger charge is 2.29. The maximum Gasteiger partial charge on any atom is 0.247 e. The van der Waals surface area contributed by atoms with Gasteiger partial charge in [0.25, 0.3) is 0 Å². The third kappa shape index (κ3) is 3.65. The molecule has 31 heavy (non-hydrogen) atoms. The zero-order valence-electron chi connectivity index (χ0n) is 17.3. The van der Waals surface area contributed by atoms with Crippen LogP contribution in [0.4, 0.5) is 5.69 Å². The number of hydrogen-bond donors (Lipinski definition) is 1. The van der Waals surface area contributed by atoms with E-state index in [0.717, 1.165) is 39.1 Å². The lowest BCUT2D eigenvalue weighted by atomic mass is 10.0. The van der Waals surface area contributed by atoms with E-state index in [1.807, 2.05) is 49.4 Å². The predicted octanol–water partition coefficient (Wildman–Crippen LogP) is 5.71. The van der Waals surface area contributed by atoms with E-state index in [9.17, 15) is 0 Å². The Balaban J connectivity index is 1.71. The minimum absolute atomic E-state index is 0.462. The predicted molar refractivity (Wildman–Crippen MR) is 124 cm³/mol. The molecule has 1 aliphatic rings. The normalized spacial score (nSPS) is 14.7. The van der Waals surface area contributed by atoms with E-state index in [1.165, 1.54) is 11.8 Å². The fourth-order valence-corrected chi connectivity index (χ4v) is 4.30. The van der Waals surface area contributed by atoms with Gasteiger partial charge in [-0.3, -0.25) is 0 Å². The number of rotatable bonds is 5. The van der Waals surface area contributed by atoms with Crippen LogP contribution in [-0.2, 0) is 0 Å². The van der Waals surface area contributed by atoms with Crippen molar-refractivity contribution in [3.05, 3.63) is 66.2 Å². The molecule has 7 heteroatoms. The van der Waals surface area contributed by atoms with Crippen molar-refractivity contribution < 1.29 is 9.47 Å². The fourth-order valence-electron chi connectivity index (χ4n) is 3.80. The minimum Gasteiger partial charge on any atom is -0.493 e. The Morgan fingerprint density at radius 3 is 2.71 bits per heavy atom. The number of fused-ring (bicyclic) bond motifs is 4. The molecule has 1 aliphatic heterocycles. The fraction of sp³-hybridized carbons (Fsp3) is 0.208. The molecule has 1 atom stereocenters. The van der Waals surface area contributed by atoms with Gasteiger partial charge in [-0.1, -0.05) is 67.2 Å². The van der Waals surface area contributed by atoms with E-state index in [-0.39, 0.29) is 0 Å².